The lowest BCUT2D eigenvalue weighted by Gasteiger charge is -2.08. The number of H-pyrrole nitrogens is 1. The Hall–Kier alpha value is -3.66. The van der Waals surface area contributed by atoms with Crippen molar-refractivity contribution < 1.29 is 4.79 Å². The molecule has 27 heavy (non-hydrogen) atoms. The van der Waals surface area contributed by atoms with Gasteiger partial charge in [0.05, 0.1) is 0 Å². The van der Waals surface area contributed by atoms with Crippen molar-refractivity contribution in [3.63, 3.8) is 0 Å². The minimum Gasteiger partial charge on any atom is -0.360 e. The number of benzene rings is 3. The lowest BCUT2D eigenvalue weighted by atomic mass is 10.1. The Morgan fingerprint density at radius 2 is 1.67 bits per heavy atom. The van der Waals surface area contributed by atoms with E-state index in [0.29, 0.717) is 16.6 Å². The predicted octanol–water partition coefficient (Wildman–Crippen LogP) is 4.35. The first kappa shape index (κ1) is 15.6. The van der Waals surface area contributed by atoms with E-state index in [1.807, 2.05) is 42.5 Å². The van der Waals surface area contributed by atoms with E-state index in [1.54, 1.807) is 12.1 Å². The number of nitrogens with one attached hydrogen (secondary N) is 2. The number of anilines is 1. The average molecular weight is 352 g/mol. The average Bonchev–Trinajstić information content (AvgIpc) is 3.06. The summed E-state index contributed by atoms with van der Waals surface area (Å²) in [7, 11) is 0. The number of carbonyl (C=O) groups is 1. The first-order valence-electron chi connectivity index (χ1n) is 8.84. The van der Waals surface area contributed by atoms with Crippen LogP contribution in [0.25, 0.3) is 22.0 Å². The van der Waals surface area contributed by atoms with Crippen LogP contribution >= 0.6 is 0 Å². The van der Waals surface area contributed by atoms with Gasteiger partial charge < -0.3 is 10.3 Å². The summed E-state index contributed by atoms with van der Waals surface area (Å²) in [5.74, 6) is -0.405. The molecule has 130 valence electrons. The van der Waals surface area contributed by atoms with Crippen molar-refractivity contribution in [3.05, 3.63) is 99.8 Å². The SMILES string of the molecule is O=C(Nc1ccc2c(c1)Cc1ccccc1-2)c1c[nH]c2ccccc2c1=O. The summed E-state index contributed by atoms with van der Waals surface area (Å²) >= 11 is 0. The third kappa shape index (κ3) is 2.54. The normalized spacial score (nSPS) is 11.9. The lowest BCUT2D eigenvalue weighted by Crippen LogP contribution is -2.21. The Kier molecular flexibility index (Phi) is 3.44. The number of hydrogen-bond acceptors (Lipinski definition) is 2. The Bertz CT molecular complexity index is 1270. The molecule has 2 N–H and O–H groups in total. The monoisotopic (exact) mass is 352 g/mol. The maximum Gasteiger partial charge on any atom is 0.261 e. The topological polar surface area (TPSA) is 62.0 Å². The molecule has 4 nitrogen and oxygen atoms in total. The van der Waals surface area contributed by atoms with E-state index in [4.69, 9.17) is 0 Å². The van der Waals surface area contributed by atoms with Gasteiger partial charge in [0.1, 0.15) is 5.56 Å². The quantitative estimate of drug-likeness (QED) is 0.496. The maximum absolute atomic E-state index is 12.7. The molecular formula is C23H16N2O2. The predicted molar refractivity (Wildman–Crippen MR) is 107 cm³/mol. The van der Waals surface area contributed by atoms with Crippen LogP contribution in [0.2, 0.25) is 0 Å². The lowest BCUT2D eigenvalue weighted by molar-refractivity contribution is 0.102. The number of rotatable bonds is 2. The Labute approximate surface area is 155 Å². The highest BCUT2D eigenvalue weighted by Crippen LogP contribution is 2.37. The van der Waals surface area contributed by atoms with Gasteiger partial charge in [-0.25, -0.2) is 0 Å². The zero-order valence-electron chi connectivity index (χ0n) is 14.5. The van der Waals surface area contributed by atoms with Gasteiger partial charge in [0.25, 0.3) is 5.91 Å². The van der Waals surface area contributed by atoms with Crippen LogP contribution < -0.4 is 10.7 Å². The van der Waals surface area contributed by atoms with E-state index in [-0.39, 0.29) is 11.0 Å². The molecule has 1 aromatic heterocycles. The second-order valence-electron chi connectivity index (χ2n) is 6.74. The van der Waals surface area contributed by atoms with Crippen LogP contribution in [0, 0.1) is 0 Å². The minimum atomic E-state index is -0.405. The largest absolute Gasteiger partial charge is 0.360 e. The van der Waals surface area contributed by atoms with E-state index in [1.165, 1.54) is 28.5 Å². The van der Waals surface area contributed by atoms with Crippen molar-refractivity contribution in [3.8, 4) is 11.1 Å². The summed E-state index contributed by atoms with van der Waals surface area (Å²) in [4.78, 5) is 28.3. The molecule has 0 unspecified atom stereocenters. The molecule has 1 aliphatic rings. The van der Waals surface area contributed by atoms with Crippen LogP contribution in [-0.2, 0) is 6.42 Å². The second-order valence-corrected chi connectivity index (χ2v) is 6.74. The summed E-state index contributed by atoms with van der Waals surface area (Å²) in [5.41, 5.74) is 6.17. The van der Waals surface area contributed by atoms with Gasteiger partial charge in [-0.2, -0.15) is 0 Å². The zero-order valence-corrected chi connectivity index (χ0v) is 14.5. The molecule has 0 saturated heterocycles. The van der Waals surface area contributed by atoms with E-state index < -0.39 is 5.91 Å². The molecular weight excluding hydrogens is 336 g/mol. The van der Waals surface area contributed by atoms with Crippen molar-refractivity contribution in [2.75, 3.05) is 5.32 Å². The fourth-order valence-electron chi connectivity index (χ4n) is 3.76. The van der Waals surface area contributed by atoms with E-state index in [9.17, 15) is 9.59 Å². The van der Waals surface area contributed by atoms with Crippen LogP contribution in [-0.4, -0.2) is 10.9 Å². The second kappa shape index (κ2) is 5.95. The maximum atomic E-state index is 12.7. The first-order chi connectivity index (χ1) is 13.2. The van der Waals surface area contributed by atoms with Gasteiger partial charge >= 0.3 is 0 Å². The number of amides is 1. The van der Waals surface area contributed by atoms with Crippen molar-refractivity contribution in [2.45, 2.75) is 6.42 Å². The van der Waals surface area contributed by atoms with Gasteiger partial charge in [-0.05, 0) is 52.9 Å². The van der Waals surface area contributed by atoms with E-state index in [2.05, 4.69) is 22.4 Å². The van der Waals surface area contributed by atoms with Gasteiger partial charge in [-0.3, -0.25) is 9.59 Å². The molecule has 4 aromatic rings. The van der Waals surface area contributed by atoms with Crippen LogP contribution in [0.1, 0.15) is 21.5 Å². The molecule has 4 heteroatoms. The molecule has 0 fully saturated rings. The molecule has 0 spiro atoms. The fourth-order valence-corrected chi connectivity index (χ4v) is 3.76. The standard InChI is InChI=1S/C23H16N2O2/c26-22-19-7-3-4-8-21(19)24-13-20(22)23(27)25-16-9-10-18-15(12-16)11-14-5-1-2-6-17(14)18/h1-10,12-13H,11H2,(H,24,26)(H,25,27). The number of fused-ring (bicyclic) bond motifs is 4. The zero-order chi connectivity index (χ0) is 18.4. The van der Waals surface area contributed by atoms with Crippen LogP contribution in [0.5, 0.6) is 0 Å². The molecule has 0 atom stereocenters. The van der Waals surface area contributed by atoms with Gasteiger partial charge in [-0.1, -0.05) is 42.5 Å². The number of para-hydroxylation sites is 1. The number of pyridine rings is 1. The number of carbonyl (C=O) groups excluding carboxylic acids is 1. The first-order valence-corrected chi connectivity index (χ1v) is 8.84. The fraction of sp³-hybridized carbons (Fsp3) is 0.0435. The van der Waals surface area contributed by atoms with Gasteiger partial charge in [-0.15, -0.1) is 0 Å². The third-order valence-corrected chi connectivity index (χ3v) is 5.08. The van der Waals surface area contributed by atoms with Gasteiger partial charge in [0, 0.05) is 22.8 Å². The molecule has 1 heterocycles. The number of aromatic amines is 1. The highest BCUT2D eigenvalue weighted by Gasteiger charge is 2.19. The van der Waals surface area contributed by atoms with Crippen molar-refractivity contribution in [1.82, 2.24) is 4.98 Å². The summed E-state index contributed by atoms with van der Waals surface area (Å²) < 4.78 is 0. The number of aromatic nitrogens is 1. The Morgan fingerprint density at radius 1 is 0.889 bits per heavy atom. The van der Waals surface area contributed by atoms with Crippen LogP contribution in [0.4, 0.5) is 5.69 Å². The Balaban J connectivity index is 1.47. The number of hydrogen-bond donors (Lipinski definition) is 2. The van der Waals surface area contributed by atoms with Gasteiger partial charge in [0.15, 0.2) is 0 Å². The van der Waals surface area contributed by atoms with Crippen LogP contribution in [0.15, 0.2) is 77.7 Å². The molecule has 3 aromatic carbocycles. The van der Waals surface area contributed by atoms with Crippen molar-refractivity contribution in [1.29, 1.82) is 0 Å². The van der Waals surface area contributed by atoms with Gasteiger partial charge in [0.2, 0.25) is 5.43 Å². The summed E-state index contributed by atoms with van der Waals surface area (Å²) in [6.45, 7) is 0. The molecule has 5 rings (SSSR count). The third-order valence-electron chi connectivity index (χ3n) is 5.08. The highest BCUT2D eigenvalue weighted by molar-refractivity contribution is 6.05. The van der Waals surface area contributed by atoms with Crippen LogP contribution in [0.3, 0.4) is 0 Å². The summed E-state index contributed by atoms with van der Waals surface area (Å²) in [6.07, 6.45) is 2.33. The molecule has 1 aliphatic carbocycles. The minimum absolute atomic E-state index is 0.109. The van der Waals surface area contributed by atoms with Crippen molar-refractivity contribution in [2.24, 2.45) is 0 Å². The Morgan fingerprint density at radius 3 is 2.59 bits per heavy atom. The van der Waals surface area contributed by atoms with E-state index in [0.717, 1.165) is 6.42 Å². The van der Waals surface area contributed by atoms with E-state index >= 15 is 0 Å². The molecule has 0 radical (unpaired) electrons. The van der Waals surface area contributed by atoms with Crippen molar-refractivity contribution >= 4 is 22.5 Å². The highest BCUT2D eigenvalue weighted by atomic mass is 16.2. The smallest absolute Gasteiger partial charge is 0.261 e. The molecule has 0 saturated carbocycles. The molecule has 0 bridgehead atoms. The molecule has 1 amide bonds. The summed E-state index contributed by atoms with van der Waals surface area (Å²) in [5, 5.41) is 3.37. The molecule has 0 aliphatic heterocycles. The summed E-state index contributed by atoms with van der Waals surface area (Å²) in [6, 6.07) is 21.4.